The van der Waals surface area contributed by atoms with Gasteiger partial charge in [0, 0.05) is 17.8 Å². The lowest BCUT2D eigenvalue weighted by molar-refractivity contribution is -0.116. The van der Waals surface area contributed by atoms with Gasteiger partial charge in [-0.25, -0.2) is 0 Å². The van der Waals surface area contributed by atoms with E-state index in [1.54, 1.807) is 12.1 Å². The van der Waals surface area contributed by atoms with E-state index in [0.717, 1.165) is 12.1 Å². The van der Waals surface area contributed by atoms with Gasteiger partial charge >= 0.3 is 0 Å². The molecule has 2 aromatic rings. The Balaban J connectivity index is 1.88. The minimum absolute atomic E-state index is 0.0213. The molecule has 0 aromatic heterocycles. The van der Waals surface area contributed by atoms with Crippen molar-refractivity contribution < 1.29 is 4.79 Å². The van der Waals surface area contributed by atoms with Crippen molar-refractivity contribution in [1.82, 2.24) is 0 Å². The second-order valence-corrected chi connectivity index (χ2v) is 5.09. The summed E-state index contributed by atoms with van der Waals surface area (Å²) in [5.41, 5.74) is 10.8. The van der Waals surface area contributed by atoms with Crippen molar-refractivity contribution in [3.05, 3.63) is 59.2 Å². The van der Waals surface area contributed by atoms with Crippen LogP contribution in [0.4, 0.5) is 11.4 Å². The zero-order valence-electron chi connectivity index (χ0n) is 11.9. The summed E-state index contributed by atoms with van der Waals surface area (Å²) in [6.07, 6.45) is 1.23. The third kappa shape index (κ3) is 3.85. The van der Waals surface area contributed by atoms with Gasteiger partial charge in [-0.2, -0.15) is 0 Å². The summed E-state index contributed by atoms with van der Waals surface area (Å²) in [5.74, 6) is 0.0213. The molecule has 0 unspecified atom stereocenters. The summed E-state index contributed by atoms with van der Waals surface area (Å²) in [6, 6.07) is 13.5. The molecule has 104 valence electrons. The van der Waals surface area contributed by atoms with Gasteiger partial charge in [-0.3, -0.25) is 4.79 Å². The summed E-state index contributed by atoms with van der Waals surface area (Å²) in [7, 11) is 0. The molecule has 0 aliphatic carbocycles. The van der Waals surface area contributed by atoms with Gasteiger partial charge in [-0.05, 0) is 61.2 Å². The SMILES string of the molecule is Cc1ccc(CCC(=O)Nc2ccc(N)cc2)cc1C. The number of amides is 1. The van der Waals surface area contributed by atoms with Gasteiger partial charge in [0.15, 0.2) is 0 Å². The van der Waals surface area contributed by atoms with Crippen LogP contribution in [0.2, 0.25) is 0 Å². The fraction of sp³-hybridized carbons (Fsp3) is 0.235. The molecule has 3 nitrogen and oxygen atoms in total. The van der Waals surface area contributed by atoms with E-state index in [-0.39, 0.29) is 5.91 Å². The summed E-state index contributed by atoms with van der Waals surface area (Å²) in [4.78, 5) is 11.9. The van der Waals surface area contributed by atoms with Crippen molar-refractivity contribution >= 4 is 17.3 Å². The maximum absolute atomic E-state index is 11.9. The standard InChI is InChI=1S/C17H20N2O/c1-12-3-4-14(11-13(12)2)5-10-17(20)19-16-8-6-15(18)7-9-16/h3-4,6-9,11H,5,10,18H2,1-2H3,(H,19,20). The van der Waals surface area contributed by atoms with Crippen molar-refractivity contribution in [3.63, 3.8) is 0 Å². The average molecular weight is 268 g/mol. The molecule has 0 bridgehead atoms. The molecule has 1 amide bonds. The Kier molecular flexibility index (Phi) is 4.41. The lowest BCUT2D eigenvalue weighted by Gasteiger charge is -2.07. The Bertz CT molecular complexity index is 603. The van der Waals surface area contributed by atoms with Crippen LogP contribution in [-0.2, 0) is 11.2 Å². The third-order valence-electron chi connectivity index (χ3n) is 3.41. The topological polar surface area (TPSA) is 55.1 Å². The first kappa shape index (κ1) is 14.1. The lowest BCUT2D eigenvalue weighted by Crippen LogP contribution is -2.12. The lowest BCUT2D eigenvalue weighted by atomic mass is 10.0. The molecular formula is C17H20N2O. The van der Waals surface area contributed by atoms with Crippen LogP contribution in [0.5, 0.6) is 0 Å². The van der Waals surface area contributed by atoms with E-state index in [1.165, 1.54) is 16.7 Å². The number of carbonyl (C=O) groups is 1. The molecule has 3 heteroatoms. The van der Waals surface area contributed by atoms with Crippen LogP contribution in [0.25, 0.3) is 0 Å². The van der Waals surface area contributed by atoms with Gasteiger partial charge in [-0.1, -0.05) is 18.2 Å². The van der Waals surface area contributed by atoms with Crippen molar-refractivity contribution in [2.45, 2.75) is 26.7 Å². The summed E-state index contributed by atoms with van der Waals surface area (Å²) < 4.78 is 0. The van der Waals surface area contributed by atoms with E-state index in [2.05, 4.69) is 37.4 Å². The van der Waals surface area contributed by atoms with E-state index >= 15 is 0 Å². The van der Waals surface area contributed by atoms with E-state index < -0.39 is 0 Å². The van der Waals surface area contributed by atoms with Crippen molar-refractivity contribution in [1.29, 1.82) is 0 Å². The molecule has 0 fully saturated rings. The molecule has 0 atom stereocenters. The Morgan fingerprint density at radius 1 is 1.05 bits per heavy atom. The minimum Gasteiger partial charge on any atom is -0.399 e. The van der Waals surface area contributed by atoms with Crippen molar-refractivity contribution in [3.8, 4) is 0 Å². The summed E-state index contributed by atoms with van der Waals surface area (Å²) >= 11 is 0. The van der Waals surface area contributed by atoms with Crippen LogP contribution in [0.3, 0.4) is 0 Å². The molecule has 2 aromatic carbocycles. The first-order chi connectivity index (χ1) is 9.54. The van der Waals surface area contributed by atoms with Crippen LogP contribution in [0, 0.1) is 13.8 Å². The number of nitrogens with two attached hydrogens (primary N) is 1. The Hall–Kier alpha value is -2.29. The van der Waals surface area contributed by atoms with Gasteiger partial charge in [-0.15, -0.1) is 0 Å². The van der Waals surface area contributed by atoms with E-state index in [1.807, 2.05) is 12.1 Å². The monoisotopic (exact) mass is 268 g/mol. The zero-order valence-corrected chi connectivity index (χ0v) is 11.9. The maximum Gasteiger partial charge on any atom is 0.224 e. The number of nitrogens with one attached hydrogen (secondary N) is 1. The van der Waals surface area contributed by atoms with Crippen LogP contribution >= 0.6 is 0 Å². The Labute approximate surface area is 119 Å². The molecule has 0 radical (unpaired) electrons. The fourth-order valence-corrected chi connectivity index (χ4v) is 2.01. The molecule has 0 saturated carbocycles. The first-order valence-electron chi connectivity index (χ1n) is 6.76. The molecular weight excluding hydrogens is 248 g/mol. The molecule has 0 heterocycles. The van der Waals surface area contributed by atoms with E-state index in [9.17, 15) is 4.79 Å². The van der Waals surface area contributed by atoms with Crippen molar-refractivity contribution in [2.24, 2.45) is 0 Å². The van der Waals surface area contributed by atoms with Crippen LogP contribution in [0.15, 0.2) is 42.5 Å². The zero-order chi connectivity index (χ0) is 14.5. The van der Waals surface area contributed by atoms with Crippen LogP contribution < -0.4 is 11.1 Å². The van der Waals surface area contributed by atoms with E-state index in [4.69, 9.17) is 5.73 Å². The quantitative estimate of drug-likeness (QED) is 0.834. The smallest absolute Gasteiger partial charge is 0.224 e. The van der Waals surface area contributed by atoms with Gasteiger partial charge in [0.2, 0.25) is 5.91 Å². The summed E-state index contributed by atoms with van der Waals surface area (Å²) in [6.45, 7) is 4.18. The second-order valence-electron chi connectivity index (χ2n) is 5.09. The van der Waals surface area contributed by atoms with E-state index in [0.29, 0.717) is 12.1 Å². The maximum atomic E-state index is 11.9. The molecule has 20 heavy (non-hydrogen) atoms. The number of carbonyl (C=O) groups excluding carboxylic acids is 1. The molecule has 0 saturated heterocycles. The fourth-order valence-electron chi connectivity index (χ4n) is 2.01. The molecule has 2 rings (SSSR count). The largest absolute Gasteiger partial charge is 0.399 e. The normalized spacial score (nSPS) is 10.3. The Morgan fingerprint density at radius 2 is 1.75 bits per heavy atom. The summed E-state index contributed by atoms with van der Waals surface area (Å²) in [5, 5.41) is 2.87. The number of hydrogen-bond acceptors (Lipinski definition) is 2. The first-order valence-corrected chi connectivity index (χ1v) is 6.76. The molecule has 0 spiro atoms. The third-order valence-corrected chi connectivity index (χ3v) is 3.41. The number of nitrogen functional groups attached to an aromatic ring is 1. The number of hydrogen-bond donors (Lipinski definition) is 2. The van der Waals surface area contributed by atoms with Gasteiger partial charge in [0.1, 0.15) is 0 Å². The minimum atomic E-state index is 0.0213. The highest BCUT2D eigenvalue weighted by Gasteiger charge is 2.04. The number of rotatable bonds is 4. The molecule has 0 aliphatic rings. The number of anilines is 2. The highest BCUT2D eigenvalue weighted by molar-refractivity contribution is 5.90. The number of benzene rings is 2. The van der Waals surface area contributed by atoms with Gasteiger partial charge in [0.05, 0.1) is 0 Å². The Morgan fingerprint density at radius 3 is 2.40 bits per heavy atom. The van der Waals surface area contributed by atoms with Crippen LogP contribution in [-0.4, -0.2) is 5.91 Å². The van der Waals surface area contributed by atoms with Crippen molar-refractivity contribution in [2.75, 3.05) is 11.1 Å². The highest BCUT2D eigenvalue weighted by Crippen LogP contribution is 2.13. The average Bonchev–Trinajstić information content (AvgIpc) is 2.43. The number of aryl methyl sites for hydroxylation is 3. The molecule has 0 aliphatic heterocycles. The predicted octanol–water partition coefficient (Wildman–Crippen LogP) is 3.46. The van der Waals surface area contributed by atoms with Crippen LogP contribution in [0.1, 0.15) is 23.1 Å². The second kappa shape index (κ2) is 6.24. The molecule has 3 N–H and O–H groups in total. The van der Waals surface area contributed by atoms with Gasteiger partial charge in [0.25, 0.3) is 0 Å². The highest BCUT2D eigenvalue weighted by atomic mass is 16.1. The van der Waals surface area contributed by atoms with Gasteiger partial charge < -0.3 is 11.1 Å². The predicted molar refractivity (Wildman–Crippen MR) is 83.7 cm³/mol.